The molecule has 12 heavy (non-hydrogen) atoms. The van der Waals surface area contributed by atoms with Crippen LogP contribution in [0.1, 0.15) is 0 Å². The van der Waals surface area contributed by atoms with E-state index in [0.29, 0.717) is 0 Å². The van der Waals surface area contributed by atoms with Crippen LogP contribution >= 0.6 is 0 Å². The zero-order valence-corrected chi connectivity index (χ0v) is 6.81. The van der Waals surface area contributed by atoms with Gasteiger partial charge in [-0.3, -0.25) is 0 Å². The van der Waals surface area contributed by atoms with Crippen LogP contribution in [0, 0.1) is 0 Å². The smallest absolute Gasteiger partial charge is 0.402 e. The van der Waals surface area contributed by atoms with E-state index in [9.17, 15) is 0 Å². The van der Waals surface area contributed by atoms with Gasteiger partial charge in [0.05, 0.1) is 0 Å². The molecule has 0 saturated carbocycles. The molecule has 0 aliphatic rings. The Hall–Kier alpha value is -1.04. The van der Waals surface area contributed by atoms with Crippen molar-refractivity contribution in [1.82, 2.24) is 0 Å². The van der Waals surface area contributed by atoms with Gasteiger partial charge in [-0.05, 0) is 12.1 Å². The van der Waals surface area contributed by atoms with Gasteiger partial charge in [0, 0.05) is 12.7 Å². The van der Waals surface area contributed by atoms with E-state index in [-0.39, 0.29) is 0 Å². The van der Waals surface area contributed by atoms with Crippen LogP contribution in [-0.4, -0.2) is 29.4 Å². The Bertz CT molecular complexity index is 190. The minimum Gasteiger partial charge on any atom is -0.402 e. The van der Waals surface area contributed by atoms with Crippen molar-refractivity contribution in [2.75, 3.05) is 12.4 Å². The van der Waals surface area contributed by atoms with Crippen molar-refractivity contribution in [3.63, 3.8) is 0 Å². The summed E-state index contributed by atoms with van der Waals surface area (Å²) in [4.78, 5) is 0. The summed E-state index contributed by atoms with van der Waals surface area (Å²) < 4.78 is 0. The number of benzene rings is 1. The molecule has 0 radical (unpaired) electrons. The second-order valence-corrected chi connectivity index (χ2v) is 1.96. The van der Waals surface area contributed by atoms with Crippen molar-refractivity contribution in [2.24, 2.45) is 0 Å². The second-order valence-electron chi connectivity index (χ2n) is 1.96. The SMILES string of the molecule is CNc1ccccc1.OB(O)O. The first-order valence-corrected chi connectivity index (χ1v) is 3.44. The average Bonchev–Trinajstić information content (AvgIpc) is 2.05. The second kappa shape index (κ2) is 6.66. The lowest BCUT2D eigenvalue weighted by Crippen LogP contribution is -2.07. The van der Waals surface area contributed by atoms with Crippen molar-refractivity contribution in [1.29, 1.82) is 0 Å². The maximum Gasteiger partial charge on any atom is 0.631 e. The minimum atomic E-state index is -2.17. The number of nitrogens with one attached hydrogen (secondary N) is 1. The van der Waals surface area contributed by atoms with Gasteiger partial charge in [0.2, 0.25) is 0 Å². The van der Waals surface area contributed by atoms with E-state index < -0.39 is 7.32 Å². The van der Waals surface area contributed by atoms with Crippen molar-refractivity contribution < 1.29 is 15.1 Å². The molecule has 0 amide bonds. The number of rotatable bonds is 1. The highest BCUT2D eigenvalue weighted by atomic mass is 16.5. The standard InChI is InChI=1S/C7H9N.BH3O3/c1-8-7-5-3-2-4-6-7;2-1(3)4/h2-6,8H,1H3;2-4H. The van der Waals surface area contributed by atoms with Crippen LogP contribution in [0.2, 0.25) is 0 Å². The Labute approximate surface area is 71.7 Å². The van der Waals surface area contributed by atoms with Gasteiger partial charge in [0.25, 0.3) is 0 Å². The fraction of sp³-hybridized carbons (Fsp3) is 0.143. The number of anilines is 1. The molecule has 0 heterocycles. The van der Waals surface area contributed by atoms with Crippen molar-refractivity contribution in [2.45, 2.75) is 0 Å². The molecule has 4 nitrogen and oxygen atoms in total. The molecule has 0 saturated heterocycles. The van der Waals surface area contributed by atoms with Crippen LogP contribution in [0.15, 0.2) is 30.3 Å². The van der Waals surface area contributed by atoms with E-state index in [2.05, 4.69) is 5.32 Å². The fourth-order valence-electron chi connectivity index (χ4n) is 0.605. The Kier molecular flexibility index (Phi) is 6.09. The quantitative estimate of drug-likeness (QED) is 0.434. The van der Waals surface area contributed by atoms with E-state index in [0.717, 1.165) is 5.69 Å². The zero-order chi connectivity index (χ0) is 9.40. The lowest BCUT2D eigenvalue weighted by molar-refractivity contribution is 0.278. The van der Waals surface area contributed by atoms with Gasteiger partial charge in [0.1, 0.15) is 0 Å². The van der Waals surface area contributed by atoms with E-state index in [1.165, 1.54) is 0 Å². The normalized spacial score (nSPS) is 8.00. The van der Waals surface area contributed by atoms with Crippen LogP contribution in [-0.2, 0) is 0 Å². The van der Waals surface area contributed by atoms with Crippen LogP contribution in [0.4, 0.5) is 5.69 Å². The van der Waals surface area contributed by atoms with Crippen LogP contribution in [0.25, 0.3) is 0 Å². The number of hydrogen-bond donors (Lipinski definition) is 4. The number of hydrogen-bond acceptors (Lipinski definition) is 4. The first kappa shape index (κ1) is 11.0. The average molecular weight is 169 g/mol. The maximum atomic E-state index is 7.17. The lowest BCUT2D eigenvalue weighted by Gasteiger charge is -1.94. The van der Waals surface area contributed by atoms with Crippen molar-refractivity contribution in [3.05, 3.63) is 30.3 Å². The van der Waals surface area contributed by atoms with Crippen molar-refractivity contribution in [3.8, 4) is 0 Å². The van der Waals surface area contributed by atoms with Crippen LogP contribution in [0.3, 0.4) is 0 Å². The van der Waals surface area contributed by atoms with E-state index in [4.69, 9.17) is 15.1 Å². The Morgan fingerprint density at radius 1 is 1.08 bits per heavy atom. The predicted molar refractivity (Wildman–Crippen MR) is 48.4 cm³/mol. The maximum absolute atomic E-state index is 7.17. The first-order valence-electron chi connectivity index (χ1n) is 3.44. The topological polar surface area (TPSA) is 72.7 Å². The minimum absolute atomic E-state index is 1.16. The summed E-state index contributed by atoms with van der Waals surface area (Å²) in [6.45, 7) is 0. The predicted octanol–water partition coefficient (Wildman–Crippen LogP) is -0.324. The van der Waals surface area contributed by atoms with E-state index in [1.807, 2.05) is 37.4 Å². The van der Waals surface area contributed by atoms with E-state index >= 15 is 0 Å². The third-order valence-electron chi connectivity index (χ3n) is 1.06. The third kappa shape index (κ3) is 7.08. The molecule has 1 aromatic rings. The molecule has 1 rings (SSSR count). The van der Waals surface area contributed by atoms with Crippen molar-refractivity contribution >= 4 is 13.0 Å². The Morgan fingerprint density at radius 2 is 1.50 bits per heavy atom. The zero-order valence-electron chi connectivity index (χ0n) is 6.81. The molecule has 0 spiro atoms. The molecular weight excluding hydrogens is 157 g/mol. The molecule has 0 atom stereocenters. The van der Waals surface area contributed by atoms with Gasteiger partial charge in [-0.25, -0.2) is 0 Å². The Morgan fingerprint density at radius 3 is 1.75 bits per heavy atom. The molecule has 0 fully saturated rings. The first-order chi connectivity index (χ1) is 5.66. The summed E-state index contributed by atoms with van der Waals surface area (Å²) in [5.74, 6) is 0. The van der Waals surface area contributed by atoms with Gasteiger partial charge in [-0.15, -0.1) is 0 Å². The largest absolute Gasteiger partial charge is 0.631 e. The summed E-state index contributed by atoms with van der Waals surface area (Å²) in [6, 6.07) is 10.1. The highest BCUT2D eigenvalue weighted by molar-refractivity contribution is 6.30. The van der Waals surface area contributed by atoms with Gasteiger partial charge >= 0.3 is 7.32 Å². The van der Waals surface area contributed by atoms with Crippen LogP contribution in [0.5, 0.6) is 0 Å². The van der Waals surface area contributed by atoms with Gasteiger partial charge < -0.3 is 20.4 Å². The molecule has 0 aliphatic carbocycles. The molecule has 4 N–H and O–H groups in total. The fourth-order valence-corrected chi connectivity index (χ4v) is 0.605. The van der Waals surface area contributed by atoms with Crippen LogP contribution < -0.4 is 5.32 Å². The lowest BCUT2D eigenvalue weighted by atomic mass is 10.3. The highest BCUT2D eigenvalue weighted by Crippen LogP contribution is 2.01. The molecule has 0 unspecified atom stereocenters. The number of para-hydroxylation sites is 1. The molecule has 0 aromatic heterocycles. The van der Waals surface area contributed by atoms with Gasteiger partial charge in [-0.2, -0.15) is 0 Å². The molecule has 5 heteroatoms. The molecule has 66 valence electrons. The summed E-state index contributed by atoms with van der Waals surface area (Å²) in [5, 5.41) is 24.5. The summed E-state index contributed by atoms with van der Waals surface area (Å²) >= 11 is 0. The van der Waals surface area contributed by atoms with Gasteiger partial charge in [-0.1, -0.05) is 18.2 Å². The summed E-state index contributed by atoms with van der Waals surface area (Å²) in [5.41, 5.74) is 1.16. The van der Waals surface area contributed by atoms with E-state index in [1.54, 1.807) is 0 Å². The monoisotopic (exact) mass is 169 g/mol. The summed E-state index contributed by atoms with van der Waals surface area (Å²) in [6.07, 6.45) is 0. The third-order valence-corrected chi connectivity index (χ3v) is 1.06. The van der Waals surface area contributed by atoms with Gasteiger partial charge in [0.15, 0.2) is 0 Å². The molecular formula is C7H12BNO3. The molecule has 0 bridgehead atoms. The molecule has 0 aliphatic heterocycles. The highest BCUT2D eigenvalue weighted by Gasteiger charge is 1.92. The Balaban J connectivity index is 0.000000261. The molecule has 1 aromatic carbocycles. The summed E-state index contributed by atoms with van der Waals surface area (Å²) in [7, 11) is -0.255.